The maximum absolute atomic E-state index is 13.0. The van der Waals surface area contributed by atoms with Gasteiger partial charge in [-0.2, -0.15) is 0 Å². The van der Waals surface area contributed by atoms with Crippen molar-refractivity contribution in [1.29, 1.82) is 0 Å². The molecule has 3 unspecified atom stereocenters. The highest BCUT2D eigenvalue weighted by atomic mass is 16.5. The summed E-state index contributed by atoms with van der Waals surface area (Å²) >= 11 is 0. The van der Waals surface area contributed by atoms with Crippen LogP contribution in [0.15, 0.2) is 0 Å². The number of nitrogens with two attached hydrogens (primary N) is 1. The number of hydrogen-bond acceptors (Lipinski definition) is 3. The van der Waals surface area contributed by atoms with Gasteiger partial charge in [0.1, 0.15) is 0 Å². The van der Waals surface area contributed by atoms with Crippen molar-refractivity contribution in [2.24, 2.45) is 29.4 Å². The zero-order valence-corrected chi connectivity index (χ0v) is 14.0. The third kappa shape index (κ3) is 3.48. The minimum absolute atomic E-state index is 0.237. The van der Waals surface area contributed by atoms with Crippen molar-refractivity contribution >= 4 is 5.91 Å². The average molecular weight is 308 g/mol. The van der Waals surface area contributed by atoms with Crippen LogP contribution in [0.25, 0.3) is 0 Å². The molecule has 2 saturated carbocycles. The van der Waals surface area contributed by atoms with Crippen molar-refractivity contribution in [3.63, 3.8) is 0 Å². The second kappa shape index (κ2) is 7.31. The Morgan fingerprint density at radius 2 is 1.91 bits per heavy atom. The van der Waals surface area contributed by atoms with Crippen LogP contribution in [0.5, 0.6) is 0 Å². The Morgan fingerprint density at radius 3 is 2.59 bits per heavy atom. The molecule has 3 rings (SSSR count). The molecule has 4 nitrogen and oxygen atoms in total. The molecule has 0 aromatic rings. The molecular weight excluding hydrogens is 276 g/mol. The van der Waals surface area contributed by atoms with E-state index in [2.05, 4.69) is 4.90 Å². The Kier molecular flexibility index (Phi) is 5.40. The Morgan fingerprint density at radius 1 is 1.18 bits per heavy atom. The summed E-state index contributed by atoms with van der Waals surface area (Å²) in [7, 11) is 0. The van der Waals surface area contributed by atoms with Gasteiger partial charge in [-0.1, -0.05) is 6.42 Å². The van der Waals surface area contributed by atoms with Crippen LogP contribution in [0.2, 0.25) is 0 Å². The van der Waals surface area contributed by atoms with Crippen molar-refractivity contribution in [1.82, 2.24) is 4.90 Å². The summed E-state index contributed by atoms with van der Waals surface area (Å²) in [4.78, 5) is 15.1. The van der Waals surface area contributed by atoms with E-state index in [0.717, 1.165) is 45.6 Å². The quantitative estimate of drug-likeness (QED) is 0.868. The van der Waals surface area contributed by atoms with Crippen LogP contribution < -0.4 is 5.73 Å². The van der Waals surface area contributed by atoms with Crippen molar-refractivity contribution in [2.75, 3.05) is 26.3 Å². The van der Waals surface area contributed by atoms with Crippen LogP contribution in [0.1, 0.15) is 51.9 Å². The molecule has 0 aromatic heterocycles. The Balaban J connectivity index is 1.57. The highest BCUT2D eigenvalue weighted by molar-refractivity contribution is 5.79. The van der Waals surface area contributed by atoms with Gasteiger partial charge in [-0.15, -0.1) is 0 Å². The molecule has 1 amide bonds. The number of amides is 1. The fraction of sp³-hybridized carbons (Fsp3) is 0.944. The smallest absolute Gasteiger partial charge is 0.225 e. The molecule has 3 fully saturated rings. The van der Waals surface area contributed by atoms with E-state index in [-0.39, 0.29) is 5.92 Å². The molecule has 2 N–H and O–H groups in total. The van der Waals surface area contributed by atoms with Gasteiger partial charge in [0, 0.05) is 31.7 Å². The molecule has 3 atom stereocenters. The van der Waals surface area contributed by atoms with Gasteiger partial charge in [-0.3, -0.25) is 4.79 Å². The number of likely N-dealkylation sites (tertiary alicyclic amines) is 1. The molecule has 2 bridgehead atoms. The molecule has 3 aliphatic rings. The lowest BCUT2D eigenvalue weighted by Crippen LogP contribution is -2.51. The van der Waals surface area contributed by atoms with E-state index >= 15 is 0 Å². The van der Waals surface area contributed by atoms with Gasteiger partial charge in [0.15, 0.2) is 0 Å². The van der Waals surface area contributed by atoms with Crippen LogP contribution in [-0.2, 0) is 9.53 Å². The first kappa shape index (κ1) is 16.3. The number of nitrogens with zero attached hydrogens (tertiary/aromatic N) is 1. The first-order valence-corrected chi connectivity index (χ1v) is 9.31. The van der Waals surface area contributed by atoms with Crippen LogP contribution >= 0.6 is 0 Å². The fourth-order valence-electron chi connectivity index (χ4n) is 4.93. The summed E-state index contributed by atoms with van der Waals surface area (Å²) in [6.45, 7) is 5.46. The molecule has 2 aliphatic carbocycles. The summed E-state index contributed by atoms with van der Waals surface area (Å²) < 4.78 is 5.57. The first-order chi connectivity index (χ1) is 10.7. The number of rotatable bonds is 4. The monoisotopic (exact) mass is 308 g/mol. The average Bonchev–Trinajstić information content (AvgIpc) is 2.52. The van der Waals surface area contributed by atoms with Crippen molar-refractivity contribution < 1.29 is 9.53 Å². The van der Waals surface area contributed by atoms with E-state index in [9.17, 15) is 4.79 Å². The summed E-state index contributed by atoms with van der Waals surface area (Å²) in [5.74, 6) is 2.35. The summed E-state index contributed by atoms with van der Waals surface area (Å²) in [5.41, 5.74) is 6.36. The number of ether oxygens (including phenoxy) is 1. The summed E-state index contributed by atoms with van der Waals surface area (Å²) in [6, 6.07) is 0.352. The van der Waals surface area contributed by atoms with Crippen molar-refractivity contribution in [2.45, 2.75) is 57.9 Å². The lowest BCUT2D eigenvalue weighted by Gasteiger charge is -2.45. The van der Waals surface area contributed by atoms with Gasteiger partial charge in [0.25, 0.3) is 0 Å². The van der Waals surface area contributed by atoms with Gasteiger partial charge in [-0.25, -0.2) is 0 Å². The van der Waals surface area contributed by atoms with Crippen LogP contribution in [-0.4, -0.2) is 43.2 Å². The van der Waals surface area contributed by atoms with Crippen molar-refractivity contribution in [3.8, 4) is 0 Å². The minimum Gasteiger partial charge on any atom is -0.381 e. The second-order valence-corrected chi connectivity index (χ2v) is 7.65. The number of piperidine rings is 1. The highest BCUT2D eigenvalue weighted by Crippen LogP contribution is 2.42. The Hall–Kier alpha value is -0.610. The van der Waals surface area contributed by atoms with Gasteiger partial charge < -0.3 is 15.4 Å². The van der Waals surface area contributed by atoms with E-state index < -0.39 is 0 Å². The van der Waals surface area contributed by atoms with E-state index in [0.29, 0.717) is 29.7 Å². The predicted molar refractivity (Wildman–Crippen MR) is 87.3 cm³/mol. The third-order valence-corrected chi connectivity index (χ3v) is 6.15. The highest BCUT2D eigenvalue weighted by Gasteiger charge is 2.42. The molecule has 0 spiro atoms. The summed E-state index contributed by atoms with van der Waals surface area (Å²) in [6.07, 6.45) is 8.16. The third-order valence-electron chi connectivity index (χ3n) is 6.15. The number of carbonyl (C=O) groups is 1. The van der Waals surface area contributed by atoms with Crippen LogP contribution in [0, 0.1) is 23.7 Å². The molecule has 1 aliphatic heterocycles. The standard InChI is InChI=1S/C18H32N2O2/c1-2-22-12-13-5-4-8-20(11-13)18(21)16-9-14-6-3-7-15(10-16)17(14)19/h13-17H,2-12,19H2,1H3. The zero-order valence-electron chi connectivity index (χ0n) is 14.0. The second-order valence-electron chi connectivity index (χ2n) is 7.65. The fourth-order valence-corrected chi connectivity index (χ4v) is 4.93. The molecule has 1 heterocycles. The lowest BCUT2D eigenvalue weighted by molar-refractivity contribution is -0.141. The van der Waals surface area contributed by atoms with Crippen molar-refractivity contribution in [3.05, 3.63) is 0 Å². The van der Waals surface area contributed by atoms with Gasteiger partial charge in [0.2, 0.25) is 5.91 Å². The van der Waals surface area contributed by atoms with E-state index in [1.165, 1.54) is 25.7 Å². The van der Waals surface area contributed by atoms with E-state index in [1.807, 2.05) is 6.92 Å². The number of carbonyl (C=O) groups excluding carboxylic acids is 1. The molecule has 4 heteroatoms. The maximum atomic E-state index is 13.0. The largest absolute Gasteiger partial charge is 0.381 e. The normalized spacial score (nSPS) is 38.8. The maximum Gasteiger partial charge on any atom is 0.225 e. The molecule has 1 saturated heterocycles. The van der Waals surface area contributed by atoms with Crippen LogP contribution in [0.3, 0.4) is 0 Å². The SMILES string of the molecule is CCOCC1CCCN(C(=O)C2CC3CCCC(C2)C3N)C1. The molecule has 126 valence electrons. The molecule has 0 radical (unpaired) electrons. The Bertz CT molecular complexity index is 373. The van der Waals surface area contributed by atoms with E-state index in [4.69, 9.17) is 10.5 Å². The zero-order chi connectivity index (χ0) is 15.5. The lowest BCUT2D eigenvalue weighted by atomic mass is 9.65. The van der Waals surface area contributed by atoms with E-state index in [1.54, 1.807) is 0 Å². The van der Waals surface area contributed by atoms with Crippen LogP contribution in [0.4, 0.5) is 0 Å². The van der Waals surface area contributed by atoms with Gasteiger partial charge >= 0.3 is 0 Å². The summed E-state index contributed by atoms with van der Waals surface area (Å²) in [5, 5.41) is 0. The minimum atomic E-state index is 0.237. The van der Waals surface area contributed by atoms with Gasteiger partial charge in [-0.05, 0) is 63.2 Å². The number of fused-ring (bicyclic) bond motifs is 2. The van der Waals surface area contributed by atoms with Gasteiger partial charge in [0.05, 0.1) is 6.61 Å². The first-order valence-electron chi connectivity index (χ1n) is 9.31. The molecule has 0 aromatic carbocycles. The molecule has 22 heavy (non-hydrogen) atoms. The number of hydrogen-bond donors (Lipinski definition) is 1. The topological polar surface area (TPSA) is 55.6 Å². The predicted octanol–water partition coefficient (Wildman–Crippen LogP) is 2.42. The Labute approximate surface area is 134 Å². The molecular formula is C18H32N2O2.